The second-order valence-corrected chi connectivity index (χ2v) is 18.2. The fourth-order valence-electron chi connectivity index (χ4n) is 10.9. The number of halogens is 1. The van der Waals surface area contributed by atoms with Crippen molar-refractivity contribution in [1.82, 2.24) is 9.80 Å². The number of aliphatic hydroxyl groups excluding tert-OH is 5. The van der Waals surface area contributed by atoms with E-state index in [1.54, 1.807) is 20.2 Å². The van der Waals surface area contributed by atoms with Crippen LogP contribution in [0.4, 0.5) is 5.69 Å². The Balaban J connectivity index is 0.000000194. The van der Waals surface area contributed by atoms with Gasteiger partial charge in [-0.3, -0.25) is 38.6 Å². The molecule has 0 heterocycles. The molecule has 20 nitrogen and oxygen atoms in total. The number of hydrogen-bond acceptors (Lipinski definition) is 18. The Morgan fingerprint density at radius 1 is 0.677 bits per heavy atom. The van der Waals surface area contributed by atoms with E-state index in [9.17, 15) is 74.7 Å². The van der Waals surface area contributed by atoms with E-state index in [0.29, 0.717) is 5.56 Å². The topological polar surface area (TPSA) is 346 Å². The monoisotopic (exact) mass is 921 g/mol. The van der Waals surface area contributed by atoms with Gasteiger partial charge in [-0.1, -0.05) is 11.6 Å². The van der Waals surface area contributed by atoms with Gasteiger partial charge in [0, 0.05) is 59.3 Å². The molecular weight excluding hydrogens is 874 g/mol. The van der Waals surface area contributed by atoms with Crippen molar-refractivity contribution < 1.29 is 74.7 Å². The molecule has 21 heteroatoms. The van der Waals surface area contributed by atoms with Gasteiger partial charge >= 0.3 is 0 Å². The summed E-state index contributed by atoms with van der Waals surface area (Å²) >= 11 is 6.19. The molecule has 8 rings (SSSR count). The Bertz CT molecular complexity index is 2690. The van der Waals surface area contributed by atoms with Crippen LogP contribution in [-0.4, -0.2) is 156 Å². The van der Waals surface area contributed by atoms with Crippen molar-refractivity contribution in [3.63, 3.8) is 0 Å². The van der Waals surface area contributed by atoms with Crippen molar-refractivity contribution in [1.29, 1.82) is 0 Å². The van der Waals surface area contributed by atoms with Crippen molar-refractivity contribution in [3.05, 3.63) is 85.4 Å². The molecular formula is C44H48ClN5O15. The summed E-state index contributed by atoms with van der Waals surface area (Å²) in [5.41, 5.74) is 3.99. The summed E-state index contributed by atoms with van der Waals surface area (Å²) in [6.45, 7) is 0. The maximum absolute atomic E-state index is 13.7. The Morgan fingerprint density at radius 3 is 1.60 bits per heavy atom. The number of anilines is 1. The van der Waals surface area contributed by atoms with Crippen LogP contribution in [-0.2, 0) is 35.2 Å². The average molecular weight is 922 g/mol. The van der Waals surface area contributed by atoms with Crippen molar-refractivity contribution in [2.75, 3.05) is 47.2 Å². The van der Waals surface area contributed by atoms with Gasteiger partial charge in [-0.15, -0.1) is 0 Å². The van der Waals surface area contributed by atoms with E-state index in [1.165, 1.54) is 42.1 Å². The van der Waals surface area contributed by atoms with Gasteiger partial charge in [-0.05, 0) is 83.2 Å². The second kappa shape index (κ2) is 15.7. The van der Waals surface area contributed by atoms with Crippen LogP contribution in [0.15, 0.2) is 58.1 Å². The van der Waals surface area contributed by atoms with E-state index >= 15 is 0 Å². The molecule has 2 aromatic rings. The third kappa shape index (κ3) is 6.37. The van der Waals surface area contributed by atoms with Gasteiger partial charge in [-0.25, -0.2) is 0 Å². The number of aromatic hydroxyl groups is 2. The van der Waals surface area contributed by atoms with Gasteiger partial charge in [-0.2, -0.15) is 0 Å². The van der Waals surface area contributed by atoms with Crippen LogP contribution in [0.3, 0.4) is 0 Å². The highest BCUT2D eigenvalue weighted by molar-refractivity contribution is 6.32. The number of aliphatic hydroxyl groups is 7. The van der Waals surface area contributed by atoms with Crippen molar-refractivity contribution in [2.24, 2.45) is 35.1 Å². The third-order valence-electron chi connectivity index (χ3n) is 13.7. The molecule has 2 aromatic carbocycles. The summed E-state index contributed by atoms with van der Waals surface area (Å²) in [6, 6.07) is 3.26. The van der Waals surface area contributed by atoms with Gasteiger partial charge in [0.1, 0.15) is 45.7 Å². The number of fused-ring (bicyclic) bond motifs is 6. The van der Waals surface area contributed by atoms with Gasteiger partial charge in [0.15, 0.2) is 22.8 Å². The number of Topliss-reactive ketones (excluding diaryl/α,β-unsaturated/α-hetero) is 4. The summed E-state index contributed by atoms with van der Waals surface area (Å²) in [4.78, 5) is 81.8. The van der Waals surface area contributed by atoms with Crippen LogP contribution in [0, 0.1) is 23.7 Å². The average Bonchev–Trinajstić information content (AvgIpc) is 3.20. The molecule has 0 aliphatic heterocycles. The van der Waals surface area contributed by atoms with Crippen LogP contribution in [0.25, 0.3) is 11.5 Å². The highest BCUT2D eigenvalue weighted by Gasteiger charge is 2.66. The van der Waals surface area contributed by atoms with Gasteiger partial charge < -0.3 is 62.3 Å². The van der Waals surface area contributed by atoms with Crippen LogP contribution in [0.5, 0.6) is 11.5 Å². The summed E-state index contributed by atoms with van der Waals surface area (Å²) < 4.78 is 0. The molecule has 2 saturated carbocycles. The Kier molecular flexibility index (Phi) is 11.3. The SMILES string of the molecule is CN(C)[C@@H]1C(=O)C(C(N)=O)=C(O)[C@@]2(O)C(=O)C3=C(O)c4c(O)ccc(Cl)c4[C@@H](O)[C@H]3C[C@@H]12.CN(C)c1ccc(O)c2c1C[C@H]1C[C@H]3[C@H](N(C)C)C(=O)C(C(N)=O)=C(O)[C@@]3(O)C(=O)C1=C2O. The first-order valence-electron chi connectivity index (χ1n) is 20.2. The van der Waals surface area contributed by atoms with E-state index in [4.69, 9.17) is 23.1 Å². The molecule has 9 atom stereocenters. The lowest BCUT2D eigenvalue weighted by atomic mass is 9.57. The zero-order valence-electron chi connectivity index (χ0n) is 35.8. The predicted octanol–water partition coefficient (Wildman–Crippen LogP) is 0.138. The molecule has 0 aromatic heterocycles. The molecule has 6 aliphatic carbocycles. The number of phenols is 2. The zero-order valence-corrected chi connectivity index (χ0v) is 36.6. The summed E-state index contributed by atoms with van der Waals surface area (Å²) in [5, 5.41) is 98.3. The number of nitrogens with two attached hydrogens (primary N) is 2. The number of nitrogens with zero attached hydrogens (tertiary/aromatic N) is 3. The minimum absolute atomic E-state index is 0.00251. The van der Waals surface area contributed by atoms with Gasteiger partial charge in [0.2, 0.25) is 11.6 Å². The van der Waals surface area contributed by atoms with E-state index < -0.39 is 134 Å². The van der Waals surface area contributed by atoms with Crippen LogP contribution >= 0.6 is 11.6 Å². The molecule has 2 amide bonds. The molecule has 0 bridgehead atoms. The number of carbonyl (C=O) groups excluding carboxylic acids is 6. The van der Waals surface area contributed by atoms with Gasteiger partial charge in [0.05, 0.1) is 29.3 Å². The number of ketones is 4. The Morgan fingerprint density at radius 2 is 1.12 bits per heavy atom. The van der Waals surface area contributed by atoms with Crippen molar-refractivity contribution in [2.45, 2.75) is 48.7 Å². The number of likely N-dealkylation sites (N-methyl/N-ethyl adjacent to an activating group) is 2. The summed E-state index contributed by atoms with van der Waals surface area (Å²) in [7, 11) is 9.72. The number of rotatable bonds is 5. The highest BCUT2D eigenvalue weighted by atomic mass is 35.5. The molecule has 2 fully saturated rings. The lowest BCUT2D eigenvalue weighted by molar-refractivity contribution is -0.156. The maximum atomic E-state index is 13.7. The number of phenolic OH excluding ortho intramolecular Hbond substituents is 2. The minimum Gasteiger partial charge on any atom is -0.508 e. The molecule has 0 saturated heterocycles. The largest absolute Gasteiger partial charge is 0.508 e. The molecule has 0 unspecified atom stereocenters. The summed E-state index contributed by atoms with van der Waals surface area (Å²) in [6.07, 6.45) is -1.38. The number of benzene rings is 2. The maximum Gasteiger partial charge on any atom is 0.255 e. The third-order valence-corrected chi connectivity index (χ3v) is 14.0. The van der Waals surface area contributed by atoms with Crippen molar-refractivity contribution in [3.8, 4) is 11.5 Å². The molecule has 0 spiro atoms. The first-order chi connectivity index (χ1) is 30.2. The zero-order chi connectivity index (χ0) is 48.4. The quantitative estimate of drug-likeness (QED) is 0.178. The van der Waals surface area contributed by atoms with E-state index in [2.05, 4.69) is 0 Å². The number of carbonyl (C=O) groups is 6. The smallest absolute Gasteiger partial charge is 0.255 e. The first kappa shape index (κ1) is 46.7. The molecule has 346 valence electrons. The normalized spacial score (nSPS) is 30.6. The van der Waals surface area contributed by atoms with E-state index in [0.717, 1.165) is 5.69 Å². The van der Waals surface area contributed by atoms with Crippen LogP contribution < -0.4 is 16.4 Å². The first-order valence-corrected chi connectivity index (χ1v) is 20.6. The standard InChI is InChI=1S/C23H27N3O7.C21H21ClN2O8/c1-25(2)12-5-6-13(27)15-10(12)7-9-8-11-17(26(3)4)19(29)16(22(24)32)21(31)23(11,33)20(30)14(9)18(15)28;1-24(2)14-7-5-6-10(16(27)12-9(25)4-3-8(22)11(12)15(6)26)18(29)21(7,32)19(30)13(17(14)28)20(23)31/h5-6,9,11,17,27-28,31,33H,7-8H2,1-4H3,(H2,24,32);3-4,6-7,14-15,25-27,30,32H,5H2,1-2H3,(H2,23,31)/t9-,11-,17-,23-;6-,7-,14-,15-,21-/m00/s1. The van der Waals surface area contributed by atoms with Crippen LogP contribution in [0.1, 0.15) is 41.2 Å². The molecule has 0 radical (unpaired) electrons. The van der Waals surface area contributed by atoms with E-state index in [-0.39, 0.29) is 52.3 Å². The number of hydrogen-bond donors (Lipinski definition) is 11. The Hall–Kier alpha value is -6.29. The highest BCUT2D eigenvalue weighted by Crippen LogP contribution is 2.57. The molecule has 13 N–H and O–H groups in total. The fraction of sp³-hybridized carbons (Fsp3) is 0.409. The molecule has 65 heavy (non-hydrogen) atoms. The van der Waals surface area contributed by atoms with Gasteiger partial charge in [0.25, 0.3) is 11.8 Å². The van der Waals surface area contributed by atoms with E-state index in [1.807, 2.05) is 19.0 Å². The fourth-order valence-corrected chi connectivity index (χ4v) is 11.2. The number of amides is 2. The molecule has 6 aliphatic rings. The number of primary amides is 2. The lowest BCUT2D eigenvalue weighted by Crippen LogP contribution is -2.66. The van der Waals surface area contributed by atoms with Crippen LogP contribution in [0.2, 0.25) is 5.02 Å². The second-order valence-electron chi connectivity index (χ2n) is 17.8. The summed E-state index contributed by atoms with van der Waals surface area (Å²) in [5.74, 6) is -14.7. The lowest BCUT2D eigenvalue weighted by Gasteiger charge is -2.51. The van der Waals surface area contributed by atoms with Crippen molar-refractivity contribution >= 4 is 63.8 Å². The Labute approximate surface area is 375 Å². The predicted molar refractivity (Wildman–Crippen MR) is 229 cm³/mol. The minimum atomic E-state index is -2.77.